The topological polar surface area (TPSA) is 68.8 Å². The number of guanidine groups is 1. The number of carbonyl (C=O) groups is 1. The van der Waals surface area contributed by atoms with Crippen LogP contribution >= 0.6 is 35.3 Å². The summed E-state index contributed by atoms with van der Waals surface area (Å²) in [5, 5.41) is 11.7. The fourth-order valence-electron chi connectivity index (χ4n) is 3.48. The molecule has 1 aromatic rings. The van der Waals surface area contributed by atoms with Gasteiger partial charge in [0.15, 0.2) is 5.96 Å². The average Bonchev–Trinajstić information content (AvgIpc) is 3.17. The highest BCUT2D eigenvalue weighted by Crippen LogP contribution is 2.36. The number of rotatable bonds is 8. The fraction of sp³-hybridized carbons (Fsp3) is 0.684. The highest BCUT2D eigenvalue weighted by atomic mass is 127. The maximum Gasteiger partial charge on any atom is 0.221 e. The van der Waals surface area contributed by atoms with Crippen LogP contribution in [0.2, 0.25) is 0 Å². The quantitative estimate of drug-likeness (QED) is 0.288. The summed E-state index contributed by atoms with van der Waals surface area (Å²) >= 11 is 1.84. The number of hydrogen-bond acceptors (Lipinski definition) is 4. The Kier molecular flexibility index (Phi) is 11.9. The second-order valence-corrected chi connectivity index (χ2v) is 7.80. The Hall–Kier alpha value is -0.870. The van der Waals surface area contributed by atoms with E-state index in [0.29, 0.717) is 24.9 Å². The zero-order valence-corrected chi connectivity index (χ0v) is 19.8. The van der Waals surface area contributed by atoms with Crippen molar-refractivity contribution in [2.45, 2.75) is 38.6 Å². The van der Waals surface area contributed by atoms with Crippen LogP contribution in [0, 0.1) is 5.92 Å². The maximum absolute atomic E-state index is 11.7. The van der Waals surface area contributed by atoms with E-state index in [1.54, 1.807) is 7.05 Å². The molecule has 0 aliphatic carbocycles. The highest BCUT2D eigenvalue weighted by molar-refractivity contribution is 14.0. The van der Waals surface area contributed by atoms with Gasteiger partial charge >= 0.3 is 0 Å². The third-order valence-corrected chi connectivity index (χ3v) is 5.76. The first kappa shape index (κ1) is 24.2. The predicted octanol–water partition coefficient (Wildman–Crippen LogP) is 2.83. The van der Waals surface area contributed by atoms with Gasteiger partial charge in [-0.15, -0.1) is 35.3 Å². The van der Waals surface area contributed by atoms with Gasteiger partial charge in [0.05, 0.1) is 0 Å². The Balaban J connectivity index is 0.00000364. The molecule has 2 heterocycles. The number of halogens is 1. The molecule has 0 saturated carbocycles. The second kappa shape index (κ2) is 13.3. The van der Waals surface area contributed by atoms with Crippen molar-refractivity contribution < 1.29 is 4.79 Å². The van der Waals surface area contributed by atoms with E-state index in [4.69, 9.17) is 0 Å². The average molecular weight is 507 g/mol. The molecular formula is C19H34IN5OS. The Bertz CT molecular complexity index is 566. The Morgan fingerprint density at radius 2 is 2.15 bits per heavy atom. The van der Waals surface area contributed by atoms with Gasteiger partial charge in [-0.3, -0.25) is 14.7 Å². The molecule has 154 valence electrons. The summed E-state index contributed by atoms with van der Waals surface area (Å²) in [5.74, 6) is 1.41. The minimum absolute atomic E-state index is 0. The summed E-state index contributed by atoms with van der Waals surface area (Å²) < 4.78 is 0. The summed E-state index contributed by atoms with van der Waals surface area (Å²) in [6.07, 6.45) is 3.87. The molecule has 8 heteroatoms. The van der Waals surface area contributed by atoms with Gasteiger partial charge in [0.2, 0.25) is 5.91 Å². The number of hydrogen-bond donors (Lipinski definition) is 3. The van der Waals surface area contributed by atoms with Gasteiger partial charge < -0.3 is 16.0 Å². The lowest BCUT2D eigenvalue weighted by molar-refractivity contribution is -0.120. The number of nitrogens with zero attached hydrogens (tertiary/aromatic N) is 2. The van der Waals surface area contributed by atoms with Crippen molar-refractivity contribution in [1.82, 2.24) is 20.9 Å². The molecule has 1 fully saturated rings. The lowest BCUT2D eigenvalue weighted by Crippen LogP contribution is -2.45. The maximum atomic E-state index is 11.7. The molecule has 1 aliphatic heterocycles. The summed E-state index contributed by atoms with van der Waals surface area (Å²) in [5.41, 5.74) is 0. The van der Waals surface area contributed by atoms with E-state index in [-0.39, 0.29) is 29.9 Å². The van der Waals surface area contributed by atoms with Crippen LogP contribution in [0.4, 0.5) is 0 Å². The molecule has 2 unspecified atom stereocenters. The van der Waals surface area contributed by atoms with E-state index in [1.807, 2.05) is 11.3 Å². The molecule has 0 aromatic carbocycles. The van der Waals surface area contributed by atoms with Crippen molar-refractivity contribution in [2.24, 2.45) is 10.9 Å². The zero-order valence-electron chi connectivity index (χ0n) is 16.7. The zero-order chi connectivity index (χ0) is 18.8. The minimum Gasteiger partial charge on any atom is -0.356 e. The summed E-state index contributed by atoms with van der Waals surface area (Å²) in [6, 6.07) is 4.84. The Morgan fingerprint density at radius 3 is 2.81 bits per heavy atom. The normalized spacial score (nSPS) is 20.6. The van der Waals surface area contributed by atoms with Gasteiger partial charge in [0.1, 0.15) is 0 Å². The van der Waals surface area contributed by atoms with Crippen molar-refractivity contribution in [2.75, 3.05) is 40.3 Å². The van der Waals surface area contributed by atoms with Crippen LogP contribution in [-0.4, -0.2) is 57.0 Å². The molecule has 0 spiro atoms. The van der Waals surface area contributed by atoms with Gasteiger partial charge in [0, 0.05) is 44.0 Å². The molecule has 1 saturated heterocycles. The monoisotopic (exact) mass is 507 g/mol. The number of thiophene rings is 1. The third-order valence-electron chi connectivity index (χ3n) is 4.81. The highest BCUT2D eigenvalue weighted by Gasteiger charge is 2.31. The van der Waals surface area contributed by atoms with E-state index < -0.39 is 0 Å². The summed E-state index contributed by atoms with van der Waals surface area (Å²) in [4.78, 5) is 19.9. The van der Waals surface area contributed by atoms with Gasteiger partial charge in [-0.1, -0.05) is 13.0 Å². The SMILES string of the molecule is CCCNC(=O)CCNC(=NC)NCC1CCCN(C)C1c1cccs1.I. The van der Waals surface area contributed by atoms with Gasteiger partial charge in [0.25, 0.3) is 0 Å². The van der Waals surface area contributed by atoms with E-state index in [1.165, 1.54) is 17.7 Å². The summed E-state index contributed by atoms with van der Waals surface area (Å²) in [7, 11) is 3.99. The largest absolute Gasteiger partial charge is 0.356 e. The number of carbonyl (C=O) groups excluding carboxylic acids is 1. The van der Waals surface area contributed by atoms with E-state index in [0.717, 1.165) is 32.0 Å². The number of likely N-dealkylation sites (tertiary alicyclic amines) is 1. The second-order valence-electron chi connectivity index (χ2n) is 6.82. The van der Waals surface area contributed by atoms with Crippen LogP contribution in [-0.2, 0) is 4.79 Å². The molecule has 27 heavy (non-hydrogen) atoms. The molecule has 2 rings (SSSR count). The first-order chi connectivity index (χ1) is 12.7. The molecule has 6 nitrogen and oxygen atoms in total. The van der Waals surface area contributed by atoms with Crippen molar-refractivity contribution in [3.63, 3.8) is 0 Å². The van der Waals surface area contributed by atoms with Crippen LogP contribution in [0.25, 0.3) is 0 Å². The summed E-state index contributed by atoms with van der Waals surface area (Å²) in [6.45, 7) is 5.42. The first-order valence-electron chi connectivity index (χ1n) is 9.60. The molecule has 1 aromatic heterocycles. The van der Waals surface area contributed by atoms with Gasteiger partial charge in [-0.05, 0) is 50.2 Å². The van der Waals surface area contributed by atoms with E-state index in [2.05, 4.69) is 57.3 Å². The standard InChI is InChI=1S/C19H33N5OS.HI/c1-4-10-21-17(25)9-11-22-19(20-2)23-14-15-7-5-12-24(3)18(15)16-8-6-13-26-16;/h6,8,13,15,18H,4-5,7,9-12,14H2,1-3H3,(H,21,25)(H2,20,22,23);1H. The lowest BCUT2D eigenvalue weighted by Gasteiger charge is -2.39. The van der Waals surface area contributed by atoms with E-state index >= 15 is 0 Å². The Labute approximate surface area is 184 Å². The number of nitrogens with one attached hydrogen (secondary N) is 3. The molecule has 2 atom stereocenters. The van der Waals surface area contributed by atoms with Crippen LogP contribution in [0.3, 0.4) is 0 Å². The number of piperidine rings is 1. The first-order valence-corrected chi connectivity index (χ1v) is 10.5. The molecule has 3 N–H and O–H groups in total. The van der Waals surface area contributed by atoms with Crippen molar-refractivity contribution in [3.8, 4) is 0 Å². The van der Waals surface area contributed by atoms with Gasteiger partial charge in [-0.2, -0.15) is 0 Å². The molecular weight excluding hydrogens is 473 g/mol. The van der Waals surface area contributed by atoms with Crippen LogP contribution in [0.1, 0.15) is 43.5 Å². The lowest BCUT2D eigenvalue weighted by atomic mass is 9.88. The Morgan fingerprint density at radius 1 is 1.33 bits per heavy atom. The molecule has 0 radical (unpaired) electrons. The number of amides is 1. The fourth-order valence-corrected chi connectivity index (χ4v) is 4.46. The smallest absolute Gasteiger partial charge is 0.221 e. The van der Waals surface area contributed by atoms with Crippen molar-refractivity contribution >= 4 is 47.2 Å². The van der Waals surface area contributed by atoms with Crippen LogP contribution in [0.5, 0.6) is 0 Å². The molecule has 1 aliphatic rings. The molecule has 1 amide bonds. The van der Waals surface area contributed by atoms with Gasteiger partial charge in [-0.25, -0.2) is 0 Å². The van der Waals surface area contributed by atoms with Crippen molar-refractivity contribution in [1.29, 1.82) is 0 Å². The van der Waals surface area contributed by atoms with Crippen molar-refractivity contribution in [3.05, 3.63) is 22.4 Å². The number of aliphatic imine (C=N–C) groups is 1. The van der Waals surface area contributed by atoms with Crippen LogP contribution in [0.15, 0.2) is 22.5 Å². The predicted molar refractivity (Wildman–Crippen MR) is 125 cm³/mol. The third kappa shape index (κ3) is 7.95. The minimum atomic E-state index is 0. The van der Waals surface area contributed by atoms with Crippen LogP contribution < -0.4 is 16.0 Å². The molecule has 0 bridgehead atoms. The van der Waals surface area contributed by atoms with E-state index in [9.17, 15) is 4.79 Å².